The van der Waals surface area contributed by atoms with Gasteiger partial charge in [0.15, 0.2) is 9.76 Å². The molecule has 22 heavy (non-hydrogen) atoms. The number of hydrogen-bond donors (Lipinski definition) is 0. The molecule has 2 fully saturated rings. The first-order valence-electron chi connectivity index (χ1n) is 8.85. The van der Waals surface area contributed by atoms with Crippen LogP contribution in [0.1, 0.15) is 39.0 Å². The fourth-order valence-electron chi connectivity index (χ4n) is 2.41. The van der Waals surface area contributed by atoms with E-state index in [-0.39, 0.29) is 0 Å². The van der Waals surface area contributed by atoms with Gasteiger partial charge in [-0.2, -0.15) is 0 Å². The first-order chi connectivity index (χ1) is 10.9. The van der Waals surface area contributed by atoms with E-state index in [1.54, 1.807) is 0 Å². The van der Waals surface area contributed by atoms with Gasteiger partial charge in [-0.25, -0.2) is 0 Å². The van der Waals surface area contributed by atoms with Crippen LogP contribution in [0.4, 0.5) is 0 Å². The van der Waals surface area contributed by atoms with E-state index in [1.165, 1.54) is 12.8 Å². The molecule has 0 amide bonds. The second kappa shape index (κ2) is 11.5. The molecule has 2 atom stereocenters. The summed E-state index contributed by atoms with van der Waals surface area (Å²) in [6, 6.07) is 0. The number of ether oxygens (including phenoxy) is 4. The smallest absolute Gasteiger partial charge is 0.164 e. The molecule has 6 heteroatoms. The average molecular weight is 333 g/mol. The molecule has 2 heterocycles. The highest BCUT2D eigenvalue weighted by molar-refractivity contribution is 6.29. The maximum Gasteiger partial charge on any atom is 0.164 e. The van der Waals surface area contributed by atoms with Gasteiger partial charge in [-0.15, -0.1) is 0 Å². The van der Waals surface area contributed by atoms with Crippen molar-refractivity contribution in [2.75, 3.05) is 46.2 Å². The number of hydrogen-bond acceptors (Lipinski definition) is 5. The van der Waals surface area contributed by atoms with E-state index in [9.17, 15) is 0 Å². The summed E-state index contributed by atoms with van der Waals surface area (Å²) in [5.41, 5.74) is 0.757. The summed E-state index contributed by atoms with van der Waals surface area (Å²) in [6.45, 7) is 8.11. The quantitative estimate of drug-likeness (QED) is 0.244. The van der Waals surface area contributed by atoms with E-state index < -0.39 is 9.76 Å². The van der Waals surface area contributed by atoms with Gasteiger partial charge in [0.25, 0.3) is 0 Å². The highest BCUT2D eigenvalue weighted by Gasteiger charge is 2.22. The highest BCUT2D eigenvalue weighted by atomic mass is 28.2. The van der Waals surface area contributed by atoms with Crippen LogP contribution in [-0.4, -0.2) is 68.2 Å². The maximum atomic E-state index is 5.87. The molecular weight excluding hydrogens is 300 g/mol. The zero-order valence-electron chi connectivity index (χ0n) is 14.0. The van der Waals surface area contributed by atoms with Gasteiger partial charge in [0, 0.05) is 19.8 Å². The molecule has 0 N–H and O–H groups in total. The van der Waals surface area contributed by atoms with Crippen LogP contribution >= 0.6 is 0 Å². The van der Waals surface area contributed by atoms with Gasteiger partial charge in [0.2, 0.25) is 0 Å². The lowest BCUT2D eigenvalue weighted by molar-refractivity contribution is 0.108. The van der Waals surface area contributed by atoms with Gasteiger partial charge >= 0.3 is 0 Å². The Morgan fingerprint density at radius 3 is 1.95 bits per heavy atom. The zero-order valence-corrected chi connectivity index (χ0v) is 15.4. The second-order valence-corrected chi connectivity index (χ2v) is 8.18. The van der Waals surface area contributed by atoms with Crippen LogP contribution in [0, 0.1) is 0 Å². The maximum absolute atomic E-state index is 5.87. The largest absolute Gasteiger partial charge is 0.424 e. The number of epoxide rings is 2. The molecule has 0 radical (unpaired) electrons. The Kier molecular flexibility index (Phi) is 9.63. The molecule has 0 spiro atoms. The van der Waals surface area contributed by atoms with E-state index in [0.29, 0.717) is 12.2 Å². The average Bonchev–Trinajstić information content (AvgIpc) is 3.40. The zero-order chi connectivity index (χ0) is 15.5. The van der Waals surface area contributed by atoms with Gasteiger partial charge in [-0.05, 0) is 37.6 Å². The van der Waals surface area contributed by atoms with Crippen molar-refractivity contribution in [1.82, 2.24) is 0 Å². The van der Waals surface area contributed by atoms with E-state index >= 15 is 0 Å². The lowest BCUT2D eigenvalue weighted by Crippen LogP contribution is -2.12. The van der Waals surface area contributed by atoms with Crippen molar-refractivity contribution in [3.05, 3.63) is 0 Å². The first-order valence-corrected chi connectivity index (χ1v) is 10.2. The van der Waals surface area contributed by atoms with Crippen LogP contribution in [0.5, 0.6) is 0 Å². The lowest BCUT2D eigenvalue weighted by Gasteiger charge is -2.16. The third-order valence-corrected chi connectivity index (χ3v) is 5.73. The number of rotatable bonds is 16. The highest BCUT2D eigenvalue weighted by Crippen LogP contribution is 2.20. The van der Waals surface area contributed by atoms with Crippen molar-refractivity contribution in [2.45, 2.75) is 56.8 Å². The minimum absolute atomic E-state index is 0.380. The molecule has 0 aromatic carbocycles. The van der Waals surface area contributed by atoms with Crippen molar-refractivity contribution < 1.29 is 23.4 Å². The third kappa shape index (κ3) is 9.92. The standard InChI is InChI=1S/C16H32O5Si/c1-2-7-21-22-16(5-3-8-17-10-14-12-19-14)6-4-9-18-11-15-13-20-15/h14-16H,2-13,22H2,1H3. The first kappa shape index (κ1) is 18.4. The summed E-state index contributed by atoms with van der Waals surface area (Å²) in [5.74, 6) is 0. The van der Waals surface area contributed by atoms with Crippen molar-refractivity contribution in [3.8, 4) is 0 Å². The van der Waals surface area contributed by atoms with Crippen LogP contribution in [0.2, 0.25) is 5.54 Å². The Morgan fingerprint density at radius 1 is 0.955 bits per heavy atom. The van der Waals surface area contributed by atoms with Crippen molar-refractivity contribution in [1.29, 1.82) is 0 Å². The van der Waals surface area contributed by atoms with Gasteiger partial charge in [-0.1, -0.05) is 6.92 Å². The fraction of sp³-hybridized carbons (Fsp3) is 1.00. The van der Waals surface area contributed by atoms with E-state index in [1.807, 2.05) is 0 Å². The second-order valence-electron chi connectivity index (χ2n) is 6.29. The summed E-state index contributed by atoms with van der Waals surface area (Å²) in [4.78, 5) is 0. The Labute approximate surface area is 136 Å². The van der Waals surface area contributed by atoms with Crippen LogP contribution in [0.25, 0.3) is 0 Å². The summed E-state index contributed by atoms with van der Waals surface area (Å²) in [6.07, 6.45) is 6.61. The van der Waals surface area contributed by atoms with Crippen molar-refractivity contribution >= 4 is 9.76 Å². The minimum atomic E-state index is -0.421. The van der Waals surface area contributed by atoms with E-state index in [4.69, 9.17) is 23.4 Å². The van der Waals surface area contributed by atoms with Crippen molar-refractivity contribution in [2.24, 2.45) is 0 Å². The predicted molar refractivity (Wildman–Crippen MR) is 88.1 cm³/mol. The molecule has 0 aliphatic carbocycles. The molecule has 2 aliphatic rings. The van der Waals surface area contributed by atoms with Gasteiger partial charge in [0.1, 0.15) is 12.2 Å². The summed E-state index contributed by atoms with van der Waals surface area (Å²) < 4.78 is 27.4. The van der Waals surface area contributed by atoms with Gasteiger partial charge < -0.3 is 23.4 Å². The molecule has 0 aromatic rings. The third-order valence-electron chi connectivity index (χ3n) is 3.92. The van der Waals surface area contributed by atoms with E-state index in [2.05, 4.69) is 6.92 Å². The predicted octanol–water partition coefficient (Wildman–Crippen LogP) is 1.68. The fourth-order valence-corrected chi connectivity index (χ4v) is 4.11. The Bertz CT molecular complexity index is 249. The van der Waals surface area contributed by atoms with Crippen LogP contribution in [0.15, 0.2) is 0 Å². The summed E-state index contributed by atoms with van der Waals surface area (Å²) >= 11 is 0. The summed E-state index contributed by atoms with van der Waals surface area (Å²) in [5, 5.41) is 0. The van der Waals surface area contributed by atoms with E-state index in [0.717, 1.165) is 71.1 Å². The normalized spacial score (nSPS) is 25.0. The monoisotopic (exact) mass is 332 g/mol. The molecule has 5 nitrogen and oxygen atoms in total. The van der Waals surface area contributed by atoms with Crippen LogP contribution in [-0.2, 0) is 23.4 Å². The van der Waals surface area contributed by atoms with Crippen LogP contribution in [0.3, 0.4) is 0 Å². The topological polar surface area (TPSA) is 52.8 Å². The molecule has 2 aliphatic heterocycles. The van der Waals surface area contributed by atoms with Crippen LogP contribution < -0.4 is 0 Å². The van der Waals surface area contributed by atoms with Gasteiger partial charge in [0.05, 0.1) is 26.4 Å². The SMILES string of the molecule is CCCO[SiH2]C(CCCOCC1CO1)CCCOCC1CO1. The Balaban J connectivity index is 1.45. The Hall–Kier alpha value is 0.0169. The molecule has 0 aromatic heterocycles. The Morgan fingerprint density at radius 2 is 1.50 bits per heavy atom. The molecule has 2 rings (SSSR count). The molecule has 0 bridgehead atoms. The molecular formula is C16H32O5Si. The van der Waals surface area contributed by atoms with Gasteiger partial charge in [-0.3, -0.25) is 0 Å². The summed E-state index contributed by atoms with van der Waals surface area (Å²) in [7, 11) is -0.421. The molecule has 2 saturated heterocycles. The minimum Gasteiger partial charge on any atom is -0.424 e. The lowest BCUT2D eigenvalue weighted by atomic mass is 10.1. The molecule has 0 saturated carbocycles. The van der Waals surface area contributed by atoms with Crippen molar-refractivity contribution in [3.63, 3.8) is 0 Å². The molecule has 130 valence electrons. The molecule has 2 unspecified atom stereocenters.